The van der Waals surface area contributed by atoms with Crippen molar-refractivity contribution in [1.82, 2.24) is 5.32 Å². The lowest BCUT2D eigenvalue weighted by molar-refractivity contribution is -0.139. The van der Waals surface area contributed by atoms with Gasteiger partial charge in [-0.1, -0.05) is 36.9 Å². The predicted octanol–water partition coefficient (Wildman–Crippen LogP) is 2.26. The van der Waals surface area contributed by atoms with E-state index in [1.165, 1.54) is 6.08 Å². The average Bonchev–Trinajstić information content (AvgIpc) is 2.48. The molecule has 0 amide bonds. The van der Waals surface area contributed by atoms with Gasteiger partial charge in [-0.25, -0.2) is 9.59 Å². The van der Waals surface area contributed by atoms with Crippen LogP contribution < -0.4 is 5.32 Å². The maximum Gasteiger partial charge on any atom is 0.354 e. The summed E-state index contributed by atoms with van der Waals surface area (Å²) >= 11 is 0. The highest BCUT2D eigenvalue weighted by Gasteiger charge is 2.12. The van der Waals surface area contributed by atoms with E-state index in [-0.39, 0.29) is 18.9 Å². The van der Waals surface area contributed by atoms with Crippen molar-refractivity contribution < 1.29 is 19.1 Å². The molecule has 0 heterocycles. The fourth-order valence-corrected chi connectivity index (χ4v) is 1.54. The van der Waals surface area contributed by atoms with Crippen LogP contribution in [0.1, 0.15) is 19.4 Å². The van der Waals surface area contributed by atoms with Crippen LogP contribution in [0, 0.1) is 0 Å². The van der Waals surface area contributed by atoms with Crippen LogP contribution in [0.25, 0.3) is 5.70 Å². The molecule has 0 spiro atoms. The third kappa shape index (κ3) is 5.52. The molecule has 21 heavy (non-hydrogen) atoms. The smallest absolute Gasteiger partial charge is 0.354 e. The van der Waals surface area contributed by atoms with E-state index in [2.05, 4.69) is 11.9 Å². The van der Waals surface area contributed by atoms with Crippen LogP contribution in [-0.2, 0) is 19.1 Å². The monoisotopic (exact) mass is 289 g/mol. The topological polar surface area (TPSA) is 64.6 Å². The minimum Gasteiger partial charge on any atom is -0.463 e. The Morgan fingerprint density at radius 3 is 2.33 bits per heavy atom. The zero-order chi connectivity index (χ0) is 15.7. The number of carbonyl (C=O) groups excluding carboxylic acids is 2. The van der Waals surface area contributed by atoms with E-state index < -0.39 is 11.9 Å². The summed E-state index contributed by atoms with van der Waals surface area (Å²) in [5.74, 6) is -1.07. The zero-order valence-corrected chi connectivity index (χ0v) is 12.2. The summed E-state index contributed by atoms with van der Waals surface area (Å²) in [4.78, 5) is 23.2. The second-order valence-corrected chi connectivity index (χ2v) is 4.00. The summed E-state index contributed by atoms with van der Waals surface area (Å²) in [5.41, 5.74) is 1.21. The number of benzene rings is 1. The summed E-state index contributed by atoms with van der Waals surface area (Å²) in [5, 5.41) is 2.80. The van der Waals surface area contributed by atoms with E-state index >= 15 is 0 Å². The van der Waals surface area contributed by atoms with Gasteiger partial charge in [0, 0.05) is 6.08 Å². The average molecular weight is 289 g/mol. The molecular weight excluding hydrogens is 270 g/mol. The molecule has 5 nitrogen and oxygen atoms in total. The second kappa shape index (κ2) is 8.58. The molecule has 0 bridgehead atoms. The molecule has 0 atom stereocenters. The van der Waals surface area contributed by atoms with Crippen LogP contribution in [0.5, 0.6) is 0 Å². The van der Waals surface area contributed by atoms with Crippen LogP contribution >= 0.6 is 0 Å². The van der Waals surface area contributed by atoms with Crippen molar-refractivity contribution in [3.63, 3.8) is 0 Å². The Hall–Kier alpha value is -2.56. The molecule has 0 aliphatic rings. The van der Waals surface area contributed by atoms with Gasteiger partial charge in [0.2, 0.25) is 0 Å². The van der Waals surface area contributed by atoms with Crippen molar-refractivity contribution in [1.29, 1.82) is 0 Å². The highest BCUT2D eigenvalue weighted by molar-refractivity contribution is 5.94. The van der Waals surface area contributed by atoms with Crippen molar-refractivity contribution in [2.24, 2.45) is 0 Å². The van der Waals surface area contributed by atoms with E-state index in [4.69, 9.17) is 9.47 Å². The van der Waals surface area contributed by atoms with E-state index in [1.807, 2.05) is 18.2 Å². The number of rotatable bonds is 7. The molecular formula is C16H19NO4. The van der Waals surface area contributed by atoms with Gasteiger partial charge in [0.15, 0.2) is 0 Å². The third-order valence-corrected chi connectivity index (χ3v) is 2.44. The normalized spacial score (nSPS) is 10.7. The number of nitrogens with one attached hydrogen (secondary N) is 1. The Morgan fingerprint density at radius 2 is 1.76 bits per heavy atom. The van der Waals surface area contributed by atoms with Crippen LogP contribution in [0.4, 0.5) is 0 Å². The lowest BCUT2D eigenvalue weighted by Gasteiger charge is -2.12. The van der Waals surface area contributed by atoms with Crippen LogP contribution in [0.3, 0.4) is 0 Å². The Morgan fingerprint density at radius 1 is 1.14 bits per heavy atom. The quantitative estimate of drug-likeness (QED) is 0.616. The van der Waals surface area contributed by atoms with Gasteiger partial charge in [-0.15, -0.1) is 0 Å². The maximum atomic E-state index is 11.6. The SMILES string of the molecule is C=C(N/C(=C/C(=O)OCC)c1ccccc1)C(=O)OCC. The fraction of sp³-hybridized carbons (Fsp3) is 0.250. The Kier molecular flexibility index (Phi) is 6.74. The van der Waals surface area contributed by atoms with Crippen molar-refractivity contribution in [3.8, 4) is 0 Å². The van der Waals surface area contributed by atoms with Crippen molar-refractivity contribution in [2.75, 3.05) is 13.2 Å². The summed E-state index contributed by atoms with van der Waals surface area (Å²) < 4.78 is 9.73. The van der Waals surface area contributed by atoms with Crippen LogP contribution in [0.15, 0.2) is 48.7 Å². The molecule has 112 valence electrons. The largest absolute Gasteiger partial charge is 0.463 e. The number of hydrogen-bond donors (Lipinski definition) is 1. The van der Waals surface area contributed by atoms with Gasteiger partial charge in [-0.2, -0.15) is 0 Å². The fourth-order valence-electron chi connectivity index (χ4n) is 1.54. The standard InChI is InChI=1S/C16H19NO4/c1-4-20-15(18)11-14(13-9-7-6-8-10-13)17-12(3)16(19)21-5-2/h6-11,17H,3-5H2,1-2H3/b14-11+. The molecule has 0 aliphatic carbocycles. The first-order chi connectivity index (χ1) is 10.1. The lowest BCUT2D eigenvalue weighted by Crippen LogP contribution is -2.21. The first-order valence-electron chi connectivity index (χ1n) is 6.65. The van der Waals surface area contributed by atoms with E-state index in [0.717, 1.165) is 5.56 Å². The third-order valence-electron chi connectivity index (χ3n) is 2.44. The van der Waals surface area contributed by atoms with Gasteiger partial charge in [0.05, 0.1) is 18.9 Å². The molecule has 1 aromatic carbocycles. The Bertz CT molecular complexity index is 534. The number of carbonyl (C=O) groups is 2. The Labute approximate surface area is 124 Å². The highest BCUT2D eigenvalue weighted by Crippen LogP contribution is 2.13. The summed E-state index contributed by atoms with van der Waals surface area (Å²) in [6, 6.07) is 9.10. The molecule has 1 rings (SSSR count). The molecule has 1 N–H and O–H groups in total. The summed E-state index contributed by atoms with van der Waals surface area (Å²) in [7, 11) is 0. The predicted molar refractivity (Wildman–Crippen MR) is 80.0 cm³/mol. The van der Waals surface area contributed by atoms with Crippen molar-refractivity contribution in [2.45, 2.75) is 13.8 Å². The highest BCUT2D eigenvalue weighted by atomic mass is 16.5. The number of esters is 2. The lowest BCUT2D eigenvalue weighted by atomic mass is 10.1. The van der Waals surface area contributed by atoms with Gasteiger partial charge >= 0.3 is 11.9 Å². The minimum atomic E-state index is -0.566. The molecule has 5 heteroatoms. The summed E-state index contributed by atoms with van der Waals surface area (Å²) in [6.07, 6.45) is 1.28. The molecule has 0 saturated carbocycles. The summed E-state index contributed by atoms with van der Waals surface area (Å²) in [6.45, 7) is 7.57. The van der Waals surface area contributed by atoms with E-state index in [9.17, 15) is 9.59 Å². The van der Waals surface area contributed by atoms with Gasteiger partial charge in [-0.3, -0.25) is 0 Å². The first kappa shape index (κ1) is 16.5. The molecule has 1 aromatic rings. The molecule has 0 saturated heterocycles. The molecule has 0 unspecified atom stereocenters. The van der Waals surface area contributed by atoms with E-state index in [0.29, 0.717) is 5.70 Å². The van der Waals surface area contributed by atoms with E-state index in [1.54, 1.807) is 26.0 Å². The molecule has 0 aliphatic heterocycles. The van der Waals surface area contributed by atoms with Crippen LogP contribution in [-0.4, -0.2) is 25.2 Å². The van der Waals surface area contributed by atoms with Gasteiger partial charge in [0.1, 0.15) is 5.70 Å². The van der Waals surface area contributed by atoms with Crippen molar-refractivity contribution in [3.05, 3.63) is 54.2 Å². The molecule has 0 fully saturated rings. The van der Waals surface area contributed by atoms with Gasteiger partial charge < -0.3 is 14.8 Å². The second-order valence-electron chi connectivity index (χ2n) is 4.00. The zero-order valence-electron chi connectivity index (χ0n) is 12.2. The maximum absolute atomic E-state index is 11.6. The van der Waals surface area contributed by atoms with Crippen LogP contribution in [0.2, 0.25) is 0 Å². The molecule has 0 aromatic heterocycles. The Balaban J connectivity index is 2.95. The van der Waals surface area contributed by atoms with Gasteiger partial charge in [-0.05, 0) is 19.4 Å². The number of ether oxygens (including phenoxy) is 2. The first-order valence-corrected chi connectivity index (χ1v) is 6.65. The van der Waals surface area contributed by atoms with Crippen molar-refractivity contribution >= 4 is 17.6 Å². The van der Waals surface area contributed by atoms with Gasteiger partial charge in [0.25, 0.3) is 0 Å². The minimum absolute atomic E-state index is 0.0521. The molecule has 0 radical (unpaired) electrons. The number of hydrogen-bond acceptors (Lipinski definition) is 5.